The third-order valence-corrected chi connectivity index (χ3v) is 5.69. The van der Waals surface area contributed by atoms with Crippen LogP contribution in [0, 0.1) is 0 Å². The van der Waals surface area contributed by atoms with Gasteiger partial charge in [0.15, 0.2) is 6.61 Å². The predicted molar refractivity (Wildman–Crippen MR) is 94.4 cm³/mol. The van der Waals surface area contributed by atoms with Gasteiger partial charge in [-0.15, -0.1) is 11.3 Å². The molecule has 1 atom stereocenters. The van der Waals surface area contributed by atoms with E-state index in [1.54, 1.807) is 11.0 Å². The Balaban J connectivity index is 1.48. The van der Waals surface area contributed by atoms with Crippen LogP contribution in [0.3, 0.4) is 0 Å². The summed E-state index contributed by atoms with van der Waals surface area (Å²) in [6, 6.07) is 3.18. The minimum atomic E-state index is -0.586. The van der Waals surface area contributed by atoms with Crippen molar-refractivity contribution in [1.29, 1.82) is 0 Å². The van der Waals surface area contributed by atoms with Crippen LogP contribution in [0.15, 0.2) is 17.5 Å². The Morgan fingerprint density at radius 3 is 2.68 bits per heavy atom. The molecule has 1 saturated heterocycles. The molecule has 7 heteroatoms. The zero-order valence-corrected chi connectivity index (χ0v) is 15.1. The average molecular weight is 364 g/mol. The Morgan fingerprint density at radius 1 is 1.16 bits per heavy atom. The summed E-state index contributed by atoms with van der Waals surface area (Å²) in [7, 11) is 0. The predicted octanol–water partition coefficient (Wildman–Crippen LogP) is 2.34. The SMILES string of the molecule is O=C(COC(=O)[C@@H]1CCCN1C(=O)c1cccs1)NC1CCCCC1. The molecule has 1 aliphatic carbocycles. The highest BCUT2D eigenvalue weighted by atomic mass is 32.1. The number of thiophene rings is 1. The molecule has 2 heterocycles. The zero-order chi connectivity index (χ0) is 17.6. The van der Waals surface area contributed by atoms with Crippen molar-refractivity contribution in [3.8, 4) is 0 Å². The molecular weight excluding hydrogens is 340 g/mol. The number of amides is 2. The first-order valence-corrected chi connectivity index (χ1v) is 9.83. The lowest BCUT2D eigenvalue weighted by Crippen LogP contribution is -2.43. The fourth-order valence-electron chi connectivity index (χ4n) is 3.55. The van der Waals surface area contributed by atoms with Crippen molar-refractivity contribution in [3.63, 3.8) is 0 Å². The van der Waals surface area contributed by atoms with Gasteiger partial charge >= 0.3 is 5.97 Å². The molecule has 1 aliphatic heterocycles. The van der Waals surface area contributed by atoms with Crippen molar-refractivity contribution in [1.82, 2.24) is 10.2 Å². The number of hydrogen-bond donors (Lipinski definition) is 1. The maximum atomic E-state index is 12.5. The molecule has 2 fully saturated rings. The summed E-state index contributed by atoms with van der Waals surface area (Å²) in [4.78, 5) is 39.0. The van der Waals surface area contributed by atoms with E-state index in [-0.39, 0.29) is 24.5 Å². The van der Waals surface area contributed by atoms with Crippen molar-refractivity contribution in [3.05, 3.63) is 22.4 Å². The van der Waals surface area contributed by atoms with E-state index < -0.39 is 12.0 Å². The lowest BCUT2D eigenvalue weighted by Gasteiger charge is -2.24. The Morgan fingerprint density at radius 2 is 1.96 bits per heavy atom. The molecule has 6 nitrogen and oxygen atoms in total. The quantitative estimate of drug-likeness (QED) is 0.814. The Labute approximate surface area is 151 Å². The van der Waals surface area contributed by atoms with Gasteiger partial charge in [0.1, 0.15) is 6.04 Å². The molecule has 0 unspecified atom stereocenters. The first-order chi connectivity index (χ1) is 12.1. The van der Waals surface area contributed by atoms with E-state index in [1.807, 2.05) is 11.4 Å². The van der Waals surface area contributed by atoms with Gasteiger partial charge in [0.25, 0.3) is 11.8 Å². The Kier molecular flexibility index (Phi) is 6.07. The molecule has 2 aliphatic rings. The number of nitrogens with one attached hydrogen (secondary N) is 1. The summed E-state index contributed by atoms with van der Waals surface area (Å²) >= 11 is 1.36. The van der Waals surface area contributed by atoms with E-state index in [4.69, 9.17) is 4.74 Å². The minimum absolute atomic E-state index is 0.138. The third kappa shape index (κ3) is 4.60. The topological polar surface area (TPSA) is 75.7 Å². The number of rotatable bonds is 5. The number of carbonyl (C=O) groups excluding carboxylic acids is 3. The van der Waals surface area contributed by atoms with E-state index >= 15 is 0 Å². The molecule has 1 aromatic heterocycles. The van der Waals surface area contributed by atoms with Crippen molar-refractivity contribution in [2.45, 2.75) is 57.0 Å². The fourth-order valence-corrected chi connectivity index (χ4v) is 4.22. The van der Waals surface area contributed by atoms with E-state index in [2.05, 4.69) is 5.32 Å². The molecule has 1 aromatic rings. The zero-order valence-electron chi connectivity index (χ0n) is 14.2. The number of carbonyl (C=O) groups is 3. The summed E-state index contributed by atoms with van der Waals surface area (Å²) in [5, 5.41) is 4.77. The molecule has 0 bridgehead atoms. The van der Waals surface area contributed by atoms with Crippen LogP contribution in [0.1, 0.15) is 54.6 Å². The summed E-state index contributed by atoms with van der Waals surface area (Å²) in [6.45, 7) is 0.275. The van der Waals surface area contributed by atoms with Crippen molar-refractivity contribution >= 4 is 29.1 Å². The molecule has 3 rings (SSSR count). The Hall–Kier alpha value is -1.89. The van der Waals surface area contributed by atoms with Crippen LogP contribution < -0.4 is 5.32 Å². The molecule has 0 radical (unpaired) electrons. The van der Waals surface area contributed by atoms with Gasteiger partial charge in [-0.1, -0.05) is 25.3 Å². The summed E-state index contributed by atoms with van der Waals surface area (Å²) in [5.41, 5.74) is 0. The van der Waals surface area contributed by atoms with Crippen LogP contribution in [-0.2, 0) is 14.3 Å². The van der Waals surface area contributed by atoms with Gasteiger partial charge in [-0.2, -0.15) is 0 Å². The molecule has 136 valence electrons. The van der Waals surface area contributed by atoms with Crippen LogP contribution in [0.2, 0.25) is 0 Å². The third-order valence-electron chi connectivity index (χ3n) is 4.83. The highest BCUT2D eigenvalue weighted by molar-refractivity contribution is 7.12. The van der Waals surface area contributed by atoms with Crippen molar-refractivity contribution in [2.24, 2.45) is 0 Å². The fraction of sp³-hybridized carbons (Fsp3) is 0.611. The van der Waals surface area contributed by atoms with Crippen molar-refractivity contribution < 1.29 is 19.1 Å². The molecule has 1 N–H and O–H groups in total. The van der Waals surface area contributed by atoms with Gasteiger partial charge in [0.05, 0.1) is 4.88 Å². The highest BCUT2D eigenvalue weighted by Gasteiger charge is 2.36. The number of hydrogen-bond acceptors (Lipinski definition) is 5. The van der Waals surface area contributed by atoms with Crippen LogP contribution >= 0.6 is 11.3 Å². The van der Waals surface area contributed by atoms with Crippen LogP contribution in [0.25, 0.3) is 0 Å². The smallest absolute Gasteiger partial charge is 0.329 e. The van der Waals surface area contributed by atoms with Crippen LogP contribution in [-0.4, -0.2) is 47.9 Å². The molecular formula is C18H24N2O4S. The summed E-state index contributed by atoms with van der Waals surface area (Å²) in [5.74, 6) is -0.878. The maximum absolute atomic E-state index is 12.5. The molecule has 25 heavy (non-hydrogen) atoms. The van der Waals surface area contributed by atoms with E-state index in [0.29, 0.717) is 17.8 Å². The van der Waals surface area contributed by atoms with Gasteiger partial charge in [-0.05, 0) is 37.1 Å². The van der Waals surface area contributed by atoms with E-state index in [9.17, 15) is 14.4 Å². The Bertz CT molecular complexity index is 611. The molecule has 0 aromatic carbocycles. The second kappa shape index (κ2) is 8.47. The van der Waals surface area contributed by atoms with Crippen molar-refractivity contribution in [2.75, 3.05) is 13.2 Å². The second-order valence-electron chi connectivity index (χ2n) is 6.64. The number of nitrogens with zero attached hydrogens (tertiary/aromatic N) is 1. The second-order valence-corrected chi connectivity index (χ2v) is 7.59. The highest BCUT2D eigenvalue weighted by Crippen LogP contribution is 2.23. The standard InChI is InChI=1S/C18H24N2O4S/c21-16(19-13-6-2-1-3-7-13)12-24-18(23)14-8-4-10-20(14)17(22)15-9-5-11-25-15/h5,9,11,13-14H,1-4,6-8,10,12H2,(H,19,21)/t14-/m0/s1. The van der Waals surface area contributed by atoms with E-state index in [1.165, 1.54) is 17.8 Å². The lowest BCUT2D eigenvalue weighted by atomic mass is 9.95. The van der Waals surface area contributed by atoms with Crippen LogP contribution in [0.5, 0.6) is 0 Å². The molecule has 1 saturated carbocycles. The van der Waals surface area contributed by atoms with E-state index in [0.717, 1.165) is 32.1 Å². The number of esters is 1. The largest absolute Gasteiger partial charge is 0.454 e. The van der Waals surface area contributed by atoms with Gasteiger partial charge in [0.2, 0.25) is 0 Å². The molecule has 0 spiro atoms. The van der Waals surface area contributed by atoms with Gasteiger partial charge in [-0.3, -0.25) is 9.59 Å². The monoisotopic (exact) mass is 364 g/mol. The van der Waals surface area contributed by atoms with Gasteiger partial charge in [0, 0.05) is 12.6 Å². The van der Waals surface area contributed by atoms with Crippen LogP contribution in [0.4, 0.5) is 0 Å². The number of ether oxygens (including phenoxy) is 1. The first kappa shape index (κ1) is 17.9. The average Bonchev–Trinajstić information content (AvgIpc) is 3.31. The minimum Gasteiger partial charge on any atom is -0.454 e. The van der Waals surface area contributed by atoms with Gasteiger partial charge in [-0.25, -0.2) is 4.79 Å². The maximum Gasteiger partial charge on any atom is 0.329 e. The summed E-state index contributed by atoms with van der Waals surface area (Å²) in [6.07, 6.45) is 6.82. The van der Waals surface area contributed by atoms with Gasteiger partial charge < -0.3 is 15.0 Å². The lowest BCUT2D eigenvalue weighted by molar-refractivity contribution is -0.152. The number of likely N-dealkylation sites (tertiary alicyclic amines) is 1. The molecule has 2 amide bonds. The summed E-state index contributed by atoms with van der Waals surface area (Å²) < 4.78 is 5.19. The first-order valence-electron chi connectivity index (χ1n) is 8.95. The normalized spacial score (nSPS) is 21.1.